The van der Waals surface area contributed by atoms with Crippen LogP contribution >= 0.6 is 0 Å². The number of carbonyl (C=O) groups excluding carboxylic acids is 1. The molecule has 1 N–H and O–H groups in total. The summed E-state index contributed by atoms with van der Waals surface area (Å²) in [6.45, 7) is 5.77. The van der Waals surface area contributed by atoms with Crippen molar-refractivity contribution in [2.75, 3.05) is 6.61 Å². The second-order valence-corrected chi connectivity index (χ2v) is 5.03. The third-order valence-electron chi connectivity index (χ3n) is 3.41. The van der Waals surface area contributed by atoms with E-state index in [0.29, 0.717) is 34.3 Å². The molecule has 0 aliphatic heterocycles. The molecule has 0 amide bonds. The Labute approximate surface area is 136 Å². The van der Waals surface area contributed by atoms with Gasteiger partial charge in [-0.1, -0.05) is 18.7 Å². The lowest BCUT2D eigenvalue weighted by Gasteiger charge is -2.02. The number of rotatable bonds is 4. The molecule has 0 unspecified atom stereocenters. The summed E-state index contributed by atoms with van der Waals surface area (Å²) in [6.07, 6.45) is 1.56. The van der Waals surface area contributed by atoms with Gasteiger partial charge in [-0.25, -0.2) is 14.7 Å². The van der Waals surface area contributed by atoms with Crippen molar-refractivity contribution in [1.82, 2.24) is 5.16 Å². The number of ether oxygens (including phenoxy) is 1. The van der Waals surface area contributed by atoms with Crippen molar-refractivity contribution in [1.29, 1.82) is 0 Å². The smallest absolute Gasteiger partial charge is 0.365 e. The summed E-state index contributed by atoms with van der Waals surface area (Å²) in [5.41, 5.74) is 0.779. The first-order valence-corrected chi connectivity index (χ1v) is 7.34. The molecule has 24 heavy (non-hydrogen) atoms. The van der Waals surface area contributed by atoms with Gasteiger partial charge < -0.3 is 13.7 Å². The third-order valence-corrected chi connectivity index (χ3v) is 3.41. The molecule has 6 heteroatoms. The van der Waals surface area contributed by atoms with Gasteiger partial charge in [-0.2, -0.15) is 0 Å². The van der Waals surface area contributed by atoms with Gasteiger partial charge in [0.05, 0.1) is 22.7 Å². The standard InChI is InChI=1S/C18H15NO5/c1-3-22-17(20)13-6-4-12(5-7-13)16-9-8-14(23-16)10-15-11(2)19-24-18(15)21/h4-10,19H,2-3H2,1H3. The zero-order valence-electron chi connectivity index (χ0n) is 13.0. The number of aromatic nitrogens is 1. The van der Waals surface area contributed by atoms with Crippen molar-refractivity contribution in [3.8, 4) is 11.3 Å². The first kappa shape index (κ1) is 15.6. The first-order valence-electron chi connectivity index (χ1n) is 7.34. The van der Waals surface area contributed by atoms with Crippen molar-refractivity contribution in [2.24, 2.45) is 0 Å². The lowest BCUT2D eigenvalue weighted by Crippen LogP contribution is -2.31. The first-order chi connectivity index (χ1) is 11.6. The molecule has 2 aromatic heterocycles. The van der Waals surface area contributed by atoms with Gasteiger partial charge in [-0.15, -0.1) is 0 Å². The fourth-order valence-electron chi connectivity index (χ4n) is 2.20. The molecule has 122 valence electrons. The highest BCUT2D eigenvalue weighted by Gasteiger charge is 2.08. The van der Waals surface area contributed by atoms with Crippen molar-refractivity contribution in [3.63, 3.8) is 0 Å². The SMILES string of the molecule is C=c1[nH]oc(=O)c1=Cc1ccc(-c2ccc(C(=O)OCC)cc2)o1. The molecule has 0 atom stereocenters. The Morgan fingerprint density at radius 3 is 2.62 bits per heavy atom. The molecular formula is C18H15NO5. The molecule has 0 bridgehead atoms. The van der Waals surface area contributed by atoms with E-state index in [9.17, 15) is 9.59 Å². The second-order valence-electron chi connectivity index (χ2n) is 5.03. The van der Waals surface area contributed by atoms with Gasteiger partial charge in [0, 0.05) is 5.56 Å². The van der Waals surface area contributed by atoms with E-state index >= 15 is 0 Å². The molecule has 0 spiro atoms. The summed E-state index contributed by atoms with van der Waals surface area (Å²) < 4.78 is 15.3. The summed E-state index contributed by atoms with van der Waals surface area (Å²) in [7, 11) is 0. The van der Waals surface area contributed by atoms with E-state index in [1.54, 1.807) is 49.4 Å². The van der Waals surface area contributed by atoms with Crippen LogP contribution in [-0.4, -0.2) is 17.7 Å². The molecule has 0 aliphatic rings. The summed E-state index contributed by atoms with van der Waals surface area (Å²) in [4.78, 5) is 23.2. The predicted octanol–water partition coefficient (Wildman–Crippen LogP) is 1.64. The highest BCUT2D eigenvalue weighted by atomic mass is 16.5. The number of hydrogen-bond donors (Lipinski definition) is 1. The van der Waals surface area contributed by atoms with Crippen LogP contribution in [0.2, 0.25) is 0 Å². The van der Waals surface area contributed by atoms with E-state index < -0.39 is 5.63 Å². The van der Waals surface area contributed by atoms with Crippen LogP contribution in [0.5, 0.6) is 0 Å². The number of carbonyl (C=O) groups is 1. The molecule has 0 aliphatic carbocycles. The van der Waals surface area contributed by atoms with Gasteiger partial charge in [0.15, 0.2) is 0 Å². The van der Waals surface area contributed by atoms with Crippen molar-refractivity contribution in [3.05, 3.63) is 68.7 Å². The Bertz CT molecular complexity index is 990. The summed E-state index contributed by atoms with van der Waals surface area (Å²) in [5, 5.41) is 3.11. The minimum atomic E-state index is -0.503. The summed E-state index contributed by atoms with van der Waals surface area (Å²) in [6, 6.07) is 10.4. The molecule has 0 saturated heterocycles. The molecule has 3 aromatic rings. The zero-order valence-corrected chi connectivity index (χ0v) is 13.0. The Hall–Kier alpha value is -3.28. The minimum Gasteiger partial charge on any atom is -0.462 e. The van der Waals surface area contributed by atoms with Crippen LogP contribution in [0.25, 0.3) is 24.0 Å². The fraction of sp³-hybridized carbons (Fsp3) is 0.111. The normalized spacial score (nSPS) is 11.6. The molecule has 1 aromatic carbocycles. The third kappa shape index (κ3) is 3.08. The number of esters is 1. The fourth-order valence-corrected chi connectivity index (χ4v) is 2.20. The van der Waals surface area contributed by atoms with Crippen LogP contribution in [0.4, 0.5) is 0 Å². The zero-order chi connectivity index (χ0) is 17.1. The van der Waals surface area contributed by atoms with Gasteiger partial charge in [0.2, 0.25) is 0 Å². The maximum absolute atomic E-state index is 11.6. The molecule has 3 rings (SSSR count). The lowest BCUT2D eigenvalue weighted by molar-refractivity contribution is 0.0526. The number of hydrogen-bond acceptors (Lipinski definition) is 5. The second kappa shape index (κ2) is 6.45. The highest BCUT2D eigenvalue weighted by Crippen LogP contribution is 2.23. The Morgan fingerprint density at radius 1 is 1.25 bits per heavy atom. The van der Waals surface area contributed by atoms with E-state index in [0.717, 1.165) is 5.56 Å². The topological polar surface area (TPSA) is 85.4 Å². The molecule has 0 saturated carbocycles. The number of nitrogens with one attached hydrogen (secondary N) is 1. The maximum Gasteiger partial charge on any atom is 0.365 e. The van der Waals surface area contributed by atoms with Crippen LogP contribution in [0.15, 0.2) is 50.1 Å². The summed E-state index contributed by atoms with van der Waals surface area (Å²) in [5.74, 6) is 0.748. The van der Waals surface area contributed by atoms with Crippen molar-refractivity contribution < 1.29 is 18.5 Å². The van der Waals surface area contributed by atoms with E-state index in [4.69, 9.17) is 9.15 Å². The molecule has 0 radical (unpaired) electrons. The minimum absolute atomic E-state index is 0.313. The van der Waals surface area contributed by atoms with E-state index in [1.807, 2.05) is 0 Å². The average molecular weight is 325 g/mol. The number of H-pyrrole nitrogens is 1. The van der Waals surface area contributed by atoms with Gasteiger partial charge in [-0.05, 0) is 37.3 Å². The van der Waals surface area contributed by atoms with Crippen molar-refractivity contribution in [2.45, 2.75) is 6.92 Å². The van der Waals surface area contributed by atoms with Crippen molar-refractivity contribution >= 4 is 18.6 Å². The average Bonchev–Trinajstić information content (AvgIpc) is 3.17. The van der Waals surface area contributed by atoms with Crippen LogP contribution < -0.4 is 16.2 Å². The predicted molar refractivity (Wildman–Crippen MR) is 87.8 cm³/mol. The van der Waals surface area contributed by atoms with E-state index in [2.05, 4.69) is 16.3 Å². The van der Waals surface area contributed by atoms with Crippen LogP contribution in [0, 0.1) is 0 Å². The monoisotopic (exact) mass is 325 g/mol. The quantitative estimate of drug-likeness (QED) is 0.737. The van der Waals surface area contributed by atoms with Crippen LogP contribution in [0.1, 0.15) is 23.0 Å². The van der Waals surface area contributed by atoms with Gasteiger partial charge >= 0.3 is 11.6 Å². The molecule has 2 heterocycles. The maximum atomic E-state index is 11.6. The Morgan fingerprint density at radius 2 is 2.00 bits per heavy atom. The number of benzene rings is 1. The Kier molecular flexibility index (Phi) is 4.20. The summed E-state index contributed by atoms with van der Waals surface area (Å²) >= 11 is 0. The van der Waals surface area contributed by atoms with Crippen LogP contribution in [-0.2, 0) is 4.74 Å². The Balaban J connectivity index is 1.89. The van der Waals surface area contributed by atoms with Gasteiger partial charge in [-0.3, -0.25) is 0 Å². The molecular weight excluding hydrogens is 310 g/mol. The van der Waals surface area contributed by atoms with Gasteiger partial charge in [0.1, 0.15) is 11.5 Å². The highest BCUT2D eigenvalue weighted by molar-refractivity contribution is 5.89. The number of furan rings is 1. The molecule has 0 fully saturated rings. The van der Waals surface area contributed by atoms with Gasteiger partial charge in [0.25, 0.3) is 0 Å². The molecule has 6 nitrogen and oxygen atoms in total. The van der Waals surface area contributed by atoms with Crippen LogP contribution in [0.3, 0.4) is 0 Å². The lowest BCUT2D eigenvalue weighted by atomic mass is 10.1. The largest absolute Gasteiger partial charge is 0.462 e. The van der Waals surface area contributed by atoms with E-state index in [1.165, 1.54) is 0 Å². The number of aromatic amines is 1. The van der Waals surface area contributed by atoms with E-state index in [-0.39, 0.29) is 5.97 Å².